The zero-order valence-corrected chi connectivity index (χ0v) is 15.8. The summed E-state index contributed by atoms with van der Waals surface area (Å²) in [5.41, 5.74) is 0. The number of unbranched alkanes of at least 4 members (excludes halogenated alkanes) is 8. The average molecular weight is 302 g/mol. The van der Waals surface area contributed by atoms with Crippen molar-refractivity contribution in [1.82, 2.24) is 4.90 Å². The largest absolute Gasteiger partial charge is 0.416 e. The molecular weight excluding hydrogens is 262 g/mol. The lowest BCUT2D eigenvalue weighted by Gasteiger charge is -2.24. The molecule has 0 aliphatic rings. The van der Waals surface area contributed by atoms with Gasteiger partial charge in [-0.05, 0) is 33.2 Å². The van der Waals surface area contributed by atoms with E-state index in [4.69, 9.17) is 4.43 Å². The Morgan fingerprint density at radius 2 is 1.30 bits per heavy atom. The summed E-state index contributed by atoms with van der Waals surface area (Å²) in [6, 6.07) is 1.33. The van der Waals surface area contributed by atoms with Gasteiger partial charge in [0.15, 0.2) is 8.32 Å². The smallest absolute Gasteiger partial charge is 0.186 e. The summed E-state index contributed by atoms with van der Waals surface area (Å²) in [6.07, 6.45) is 12.7. The summed E-state index contributed by atoms with van der Waals surface area (Å²) in [4.78, 5) is 2.20. The summed E-state index contributed by atoms with van der Waals surface area (Å²) in [6.45, 7) is 8.98. The Kier molecular flexibility index (Phi) is 12.9. The Morgan fingerprint density at radius 1 is 0.800 bits per heavy atom. The van der Waals surface area contributed by atoms with Crippen LogP contribution in [0.25, 0.3) is 0 Å². The Labute approximate surface area is 129 Å². The summed E-state index contributed by atoms with van der Waals surface area (Å²) in [7, 11) is 2.84. The topological polar surface area (TPSA) is 12.5 Å². The molecule has 0 fully saturated rings. The molecule has 0 saturated carbocycles. The molecule has 0 aromatic carbocycles. The summed E-state index contributed by atoms with van der Waals surface area (Å²) in [5, 5.41) is 0. The molecule has 0 aliphatic carbocycles. The highest BCUT2D eigenvalue weighted by Gasteiger charge is 2.21. The predicted molar refractivity (Wildman–Crippen MR) is 94.0 cm³/mol. The van der Waals surface area contributed by atoms with Gasteiger partial charge in [-0.1, -0.05) is 64.7 Å². The fraction of sp³-hybridized carbons (Fsp3) is 1.00. The van der Waals surface area contributed by atoms with E-state index in [1.54, 1.807) is 0 Å². The molecule has 0 unspecified atom stereocenters. The van der Waals surface area contributed by atoms with Crippen molar-refractivity contribution in [3.63, 3.8) is 0 Å². The molecule has 122 valence electrons. The van der Waals surface area contributed by atoms with Crippen molar-refractivity contribution in [3.8, 4) is 0 Å². The molecule has 0 atom stereocenters. The first kappa shape index (κ1) is 20.1. The molecule has 2 nitrogen and oxygen atoms in total. The lowest BCUT2D eigenvalue weighted by atomic mass is 10.1. The van der Waals surface area contributed by atoms with Gasteiger partial charge in [0.2, 0.25) is 0 Å². The molecule has 0 amide bonds. The fourth-order valence-electron chi connectivity index (χ4n) is 2.44. The van der Waals surface area contributed by atoms with Gasteiger partial charge in [0.05, 0.1) is 0 Å². The fourth-order valence-corrected chi connectivity index (χ4v) is 4.33. The molecule has 0 aromatic rings. The first-order chi connectivity index (χ1) is 9.48. The maximum atomic E-state index is 6.11. The molecular formula is C17H39NOSi. The van der Waals surface area contributed by atoms with Gasteiger partial charge in [0.1, 0.15) is 0 Å². The molecule has 0 bridgehead atoms. The minimum Gasteiger partial charge on any atom is -0.416 e. The summed E-state index contributed by atoms with van der Waals surface area (Å²) < 4.78 is 6.11. The molecule has 0 rings (SSSR count). The van der Waals surface area contributed by atoms with Crippen LogP contribution in [0.4, 0.5) is 0 Å². The van der Waals surface area contributed by atoms with Crippen molar-refractivity contribution in [1.29, 1.82) is 0 Å². The third-order valence-corrected chi connectivity index (χ3v) is 6.46. The molecule has 0 aliphatic heterocycles. The van der Waals surface area contributed by atoms with Crippen molar-refractivity contribution in [2.45, 2.75) is 83.8 Å². The quantitative estimate of drug-likeness (QED) is 0.319. The minimum absolute atomic E-state index is 0.906. The molecule has 3 heteroatoms. The van der Waals surface area contributed by atoms with Gasteiger partial charge in [0.25, 0.3) is 0 Å². The van der Waals surface area contributed by atoms with Crippen LogP contribution in [0.1, 0.15) is 64.7 Å². The number of hydrogen-bond acceptors (Lipinski definition) is 2. The molecule has 20 heavy (non-hydrogen) atoms. The van der Waals surface area contributed by atoms with Crippen molar-refractivity contribution >= 4 is 8.32 Å². The van der Waals surface area contributed by atoms with E-state index < -0.39 is 8.32 Å². The Balaban J connectivity index is 3.35. The molecule has 0 N–H and O–H groups in total. The van der Waals surface area contributed by atoms with Crippen LogP contribution in [-0.2, 0) is 4.43 Å². The van der Waals surface area contributed by atoms with Crippen LogP contribution in [0.5, 0.6) is 0 Å². The second-order valence-electron chi connectivity index (χ2n) is 6.99. The highest BCUT2D eigenvalue weighted by atomic mass is 28.4. The average Bonchev–Trinajstić information content (AvgIpc) is 2.36. The predicted octanol–water partition coefficient (Wildman–Crippen LogP) is 5.30. The van der Waals surface area contributed by atoms with E-state index in [0.717, 1.165) is 13.2 Å². The van der Waals surface area contributed by atoms with E-state index in [-0.39, 0.29) is 0 Å². The lowest BCUT2D eigenvalue weighted by Crippen LogP contribution is -2.33. The first-order valence-electron chi connectivity index (χ1n) is 8.76. The molecule has 0 spiro atoms. The number of hydrogen-bond donors (Lipinski definition) is 0. The van der Waals surface area contributed by atoms with Crippen molar-refractivity contribution in [2.24, 2.45) is 0 Å². The maximum absolute atomic E-state index is 6.11. The van der Waals surface area contributed by atoms with E-state index in [2.05, 4.69) is 39.0 Å². The Bertz CT molecular complexity index is 207. The van der Waals surface area contributed by atoms with Gasteiger partial charge >= 0.3 is 0 Å². The Morgan fingerprint density at radius 3 is 1.80 bits per heavy atom. The van der Waals surface area contributed by atoms with E-state index in [1.165, 1.54) is 63.8 Å². The highest BCUT2D eigenvalue weighted by Crippen LogP contribution is 2.17. The van der Waals surface area contributed by atoms with E-state index in [0.29, 0.717) is 0 Å². The molecule has 0 aromatic heterocycles. The second-order valence-corrected chi connectivity index (χ2v) is 11.3. The zero-order chi connectivity index (χ0) is 15.3. The number of nitrogens with zero attached hydrogens (tertiary/aromatic N) is 1. The number of rotatable bonds is 14. The van der Waals surface area contributed by atoms with Crippen LogP contribution in [0, 0.1) is 0 Å². The van der Waals surface area contributed by atoms with E-state index in [9.17, 15) is 0 Å². The number of likely N-dealkylation sites (N-methyl/N-ethyl adjacent to an activating group) is 1. The van der Waals surface area contributed by atoms with Gasteiger partial charge in [-0.2, -0.15) is 0 Å². The van der Waals surface area contributed by atoms with Crippen LogP contribution < -0.4 is 0 Å². The zero-order valence-electron chi connectivity index (χ0n) is 14.8. The van der Waals surface area contributed by atoms with Gasteiger partial charge in [0, 0.05) is 13.2 Å². The third-order valence-electron chi connectivity index (χ3n) is 3.91. The van der Waals surface area contributed by atoms with Gasteiger partial charge in [-0.3, -0.25) is 0 Å². The summed E-state index contributed by atoms with van der Waals surface area (Å²) >= 11 is 0. The first-order valence-corrected chi connectivity index (χ1v) is 11.9. The minimum atomic E-state index is -1.38. The van der Waals surface area contributed by atoms with Gasteiger partial charge in [-0.15, -0.1) is 0 Å². The van der Waals surface area contributed by atoms with Crippen LogP contribution in [0.2, 0.25) is 19.1 Å². The lowest BCUT2D eigenvalue weighted by molar-refractivity contribution is 0.253. The second kappa shape index (κ2) is 12.8. The normalized spacial score (nSPS) is 12.3. The molecule has 0 saturated heterocycles. The SMILES string of the molecule is CCCCCCCCCCC[Si](C)(C)OCCN(C)C. The monoisotopic (exact) mass is 301 g/mol. The van der Waals surface area contributed by atoms with Crippen LogP contribution in [0.15, 0.2) is 0 Å². The van der Waals surface area contributed by atoms with Crippen LogP contribution in [-0.4, -0.2) is 40.5 Å². The Hall–Kier alpha value is 0.137. The van der Waals surface area contributed by atoms with Crippen LogP contribution in [0.3, 0.4) is 0 Å². The van der Waals surface area contributed by atoms with E-state index >= 15 is 0 Å². The molecule has 0 heterocycles. The van der Waals surface area contributed by atoms with Gasteiger partial charge in [-0.25, -0.2) is 0 Å². The van der Waals surface area contributed by atoms with Crippen molar-refractivity contribution < 1.29 is 4.43 Å². The molecule has 0 radical (unpaired) electrons. The van der Waals surface area contributed by atoms with E-state index in [1.807, 2.05) is 0 Å². The van der Waals surface area contributed by atoms with Gasteiger partial charge < -0.3 is 9.33 Å². The standard InChI is InChI=1S/C17H39NOSi/c1-6-7-8-9-10-11-12-13-14-17-20(4,5)19-16-15-18(2)3/h6-17H2,1-5H3. The third kappa shape index (κ3) is 14.5. The van der Waals surface area contributed by atoms with Crippen LogP contribution >= 0.6 is 0 Å². The van der Waals surface area contributed by atoms with Crippen molar-refractivity contribution in [2.75, 3.05) is 27.2 Å². The maximum Gasteiger partial charge on any atom is 0.186 e. The van der Waals surface area contributed by atoms with Crippen molar-refractivity contribution in [3.05, 3.63) is 0 Å². The highest BCUT2D eigenvalue weighted by molar-refractivity contribution is 6.71. The summed E-state index contributed by atoms with van der Waals surface area (Å²) in [5.74, 6) is 0.